The number of nitrogens with zero attached hydrogens (tertiary/aromatic N) is 2. The van der Waals surface area contributed by atoms with Gasteiger partial charge in [-0.3, -0.25) is 13.9 Å². The molecule has 7 nitrogen and oxygen atoms in total. The van der Waals surface area contributed by atoms with Crippen molar-refractivity contribution < 1.29 is 18.0 Å². The summed E-state index contributed by atoms with van der Waals surface area (Å²) in [6, 6.07) is 14.4. The summed E-state index contributed by atoms with van der Waals surface area (Å²) < 4.78 is 26.3. The Hall–Kier alpha value is -2.87. The molecule has 2 amide bonds. The van der Waals surface area contributed by atoms with Crippen LogP contribution < -0.4 is 9.62 Å². The Balaban J connectivity index is 2.18. The third-order valence-electron chi connectivity index (χ3n) is 5.79. The van der Waals surface area contributed by atoms with E-state index in [9.17, 15) is 18.0 Å². The van der Waals surface area contributed by atoms with E-state index in [1.54, 1.807) is 17.9 Å². The number of amides is 2. The molecule has 0 bridgehead atoms. The van der Waals surface area contributed by atoms with Crippen LogP contribution in [0.3, 0.4) is 0 Å². The lowest BCUT2D eigenvalue weighted by Gasteiger charge is -2.32. The van der Waals surface area contributed by atoms with Gasteiger partial charge in [-0.2, -0.15) is 0 Å². The predicted molar refractivity (Wildman–Crippen MR) is 142 cm³/mol. The number of carbonyl (C=O) groups is 2. The van der Waals surface area contributed by atoms with Gasteiger partial charge in [0, 0.05) is 25.0 Å². The van der Waals surface area contributed by atoms with E-state index in [1.807, 2.05) is 77.1 Å². The maximum atomic E-state index is 13.3. The molecule has 192 valence electrons. The molecular weight excluding hydrogens is 462 g/mol. The van der Waals surface area contributed by atoms with Crippen LogP contribution in [0.15, 0.2) is 48.5 Å². The second-order valence-corrected chi connectivity index (χ2v) is 12.0. The molecule has 0 aliphatic rings. The smallest absolute Gasteiger partial charge is 0.242 e. The molecule has 8 heteroatoms. The van der Waals surface area contributed by atoms with E-state index in [2.05, 4.69) is 5.32 Å². The Labute approximate surface area is 210 Å². The van der Waals surface area contributed by atoms with E-state index < -0.39 is 21.6 Å². The van der Waals surface area contributed by atoms with Crippen LogP contribution in [-0.4, -0.2) is 49.5 Å². The van der Waals surface area contributed by atoms with E-state index >= 15 is 0 Å². The Morgan fingerprint density at radius 3 is 2.17 bits per heavy atom. The van der Waals surface area contributed by atoms with Crippen LogP contribution in [0.2, 0.25) is 0 Å². The minimum Gasteiger partial charge on any atom is -0.350 e. The van der Waals surface area contributed by atoms with Crippen molar-refractivity contribution in [2.45, 2.75) is 72.5 Å². The largest absolute Gasteiger partial charge is 0.350 e. The number of aryl methyl sites for hydroxylation is 2. The van der Waals surface area contributed by atoms with Crippen LogP contribution in [0, 0.1) is 13.8 Å². The van der Waals surface area contributed by atoms with E-state index in [4.69, 9.17) is 0 Å². The highest BCUT2D eigenvalue weighted by Gasteiger charge is 2.28. The first kappa shape index (κ1) is 28.4. The first-order valence-electron chi connectivity index (χ1n) is 11.9. The van der Waals surface area contributed by atoms with Gasteiger partial charge in [-0.05, 0) is 76.8 Å². The number of hydrogen-bond donors (Lipinski definition) is 1. The summed E-state index contributed by atoms with van der Waals surface area (Å²) in [7, 11) is -3.52. The minimum atomic E-state index is -3.52. The molecule has 1 atom stereocenters. The van der Waals surface area contributed by atoms with E-state index in [1.165, 1.54) is 10.6 Å². The number of carbonyl (C=O) groups excluding carboxylic acids is 2. The molecule has 0 saturated heterocycles. The molecule has 0 radical (unpaired) electrons. The highest BCUT2D eigenvalue weighted by Crippen LogP contribution is 2.22. The normalized spacial score (nSPS) is 12.7. The summed E-state index contributed by atoms with van der Waals surface area (Å²) in [4.78, 5) is 27.7. The maximum absolute atomic E-state index is 13.3. The van der Waals surface area contributed by atoms with Crippen LogP contribution in [-0.2, 0) is 26.2 Å². The van der Waals surface area contributed by atoms with Crippen molar-refractivity contribution in [3.8, 4) is 0 Å². The zero-order chi connectivity index (χ0) is 26.4. The standard InChI is InChI=1S/C27H39N3O4S/c1-20-15-16-24(18-21(20)2)30(35(7,33)34)17-11-14-25(31)29(19-23-12-9-8-10-13-23)22(3)26(32)28-27(4,5)6/h8-10,12-13,15-16,18,22H,11,14,17,19H2,1-7H3,(H,28,32)/t22-/m1/s1. The van der Waals surface area contributed by atoms with Crippen LogP contribution in [0.5, 0.6) is 0 Å². The average Bonchev–Trinajstić information content (AvgIpc) is 2.75. The van der Waals surface area contributed by atoms with Gasteiger partial charge < -0.3 is 10.2 Å². The van der Waals surface area contributed by atoms with Crippen molar-refractivity contribution in [1.82, 2.24) is 10.2 Å². The Morgan fingerprint density at radius 1 is 1.00 bits per heavy atom. The van der Waals surface area contributed by atoms with Crippen LogP contribution >= 0.6 is 0 Å². The van der Waals surface area contributed by atoms with Crippen molar-refractivity contribution >= 4 is 27.5 Å². The predicted octanol–water partition coefficient (Wildman–Crippen LogP) is 4.18. The molecule has 2 aromatic carbocycles. The summed E-state index contributed by atoms with van der Waals surface area (Å²) in [5, 5.41) is 2.95. The van der Waals surface area contributed by atoms with Gasteiger partial charge in [0.1, 0.15) is 6.04 Å². The molecule has 2 rings (SSSR count). The van der Waals surface area contributed by atoms with Crippen molar-refractivity contribution in [2.24, 2.45) is 0 Å². The molecular formula is C27H39N3O4S. The highest BCUT2D eigenvalue weighted by molar-refractivity contribution is 7.92. The van der Waals surface area contributed by atoms with Gasteiger partial charge in [-0.15, -0.1) is 0 Å². The van der Waals surface area contributed by atoms with E-state index in [0.29, 0.717) is 18.7 Å². The zero-order valence-corrected chi connectivity index (χ0v) is 22.8. The molecule has 1 N–H and O–H groups in total. The minimum absolute atomic E-state index is 0.122. The zero-order valence-electron chi connectivity index (χ0n) is 22.0. The lowest BCUT2D eigenvalue weighted by molar-refractivity contribution is -0.141. The number of anilines is 1. The van der Waals surface area contributed by atoms with Gasteiger partial charge in [0.2, 0.25) is 21.8 Å². The molecule has 0 spiro atoms. The number of hydrogen-bond acceptors (Lipinski definition) is 4. The second kappa shape index (κ2) is 11.7. The summed E-state index contributed by atoms with van der Waals surface area (Å²) in [5.74, 6) is -0.423. The summed E-state index contributed by atoms with van der Waals surface area (Å²) in [6.45, 7) is 11.8. The van der Waals surface area contributed by atoms with Gasteiger partial charge in [-0.25, -0.2) is 8.42 Å². The number of rotatable bonds is 10. The second-order valence-electron chi connectivity index (χ2n) is 10.1. The number of nitrogens with one attached hydrogen (secondary N) is 1. The first-order valence-corrected chi connectivity index (χ1v) is 13.7. The van der Waals surface area contributed by atoms with Crippen LogP contribution in [0.25, 0.3) is 0 Å². The third kappa shape index (κ3) is 8.69. The monoisotopic (exact) mass is 501 g/mol. The number of benzene rings is 2. The fraction of sp³-hybridized carbons (Fsp3) is 0.481. The SMILES string of the molecule is Cc1ccc(N(CCCC(=O)N(Cc2ccccc2)[C@H](C)C(=O)NC(C)(C)C)S(C)(=O)=O)cc1C. The van der Waals surface area contributed by atoms with Crippen molar-refractivity contribution in [2.75, 3.05) is 17.1 Å². The van der Waals surface area contributed by atoms with E-state index in [0.717, 1.165) is 16.7 Å². The van der Waals surface area contributed by atoms with E-state index in [-0.39, 0.29) is 24.8 Å². The third-order valence-corrected chi connectivity index (χ3v) is 6.99. The van der Waals surface area contributed by atoms with Crippen LogP contribution in [0.4, 0.5) is 5.69 Å². The summed E-state index contributed by atoms with van der Waals surface area (Å²) in [6.07, 6.45) is 1.62. The van der Waals surface area contributed by atoms with Gasteiger partial charge >= 0.3 is 0 Å². The van der Waals surface area contributed by atoms with Crippen molar-refractivity contribution in [3.05, 3.63) is 65.2 Å². The van der Waals surface area contributed by atoms with Gasteiger partial charge in [0.05, 0.1) is 11.9 Å². The van der Waals surface area contributed by atoms with Gasteiger partial charge in [0.25, 0.3) is 0 Å². The summed E-state index contributed by atoms with van der Waals surface area (Å²) in [5.41, 5.74) is 3.16. The Kier molecular flexibility index (Phi) is 9.49. The van der Waals surface area contributed by atoms with Crippen molar-refractivity contribution in [3.63, 3.8) is 0 Å². The fourth-order valence-electron chi connectivity index (χ4n) is 3.72. The maximum Gasteiger partial charge on any atom is 0.242 e. The van der Waals surface area contributed by atoms with Gasteiger partial charge in [0.15, 0.2) is 0 Å². The molecule has 0 saturated carbocycles. The molecule has 0 aliphatic heterocycles. The topological polar surface area (TPSA) is 86.8 Å². The lowest BCUT2D eigenvalue weighted by atomic mass is 10.1. The molecule has 0 aliphatic carbocycles. The summed E-state index contributed by atoms with van der Waals surface area (Å²) >= 11 is 0. The van der Waals surface area contributed by atoms with Gasteiger partial charge in [-0.1, -0.05) is 36.4 Å². The van der Waals surface area contributed by atoms with Crippen LogP contribution in [0.1, 0.15) is 57.2 Å². The first-order chi connectivity index (χ1) is 16.2. The molecule has 0 unspecified atom stereocenters. The van der Waals surface area contributed by atoms with Crippen molar-refractivity contribution in [1.29, 1.82) is 0 Å². The molecule has 0 heterocycles. The molecule has 0 aromatic heterocycles. The fourth-order valence-corrected chi connectivity index (χ4v) is 4.68. The highest BCUT2D eigenvalue weighted by atomic mass is 32.2. The Morgan fingerprint density at radius 2 is 1.63 bits per heavy atom. The number of sulfonamides is 1. The lowest BCUT2D eigenvalue weighted by Crippen LogP contribution is -2.52. The molecule has 0 fully saturated rings. The Bertz CT molecular complexity index is 1120. The molecule has 35 heavy (non-hydrogen) atoms. The average molecular weight is 502 g/mol. The quantitative estimate of drug-likeness (QED) is 0.529. The molecule has 2 aromatic rings.